The Morgan fingerprint density at radius 3 is 1.85 bits per heavy atom. The van der Waals surface area contributed by atoms with Crippen LogP contribution < -0.4 is 0 Å². The maximum atomic E-state index is 15.1. The lowest BCUT2D eigenvalue weighted by Crippen LogP contribution is -2.23. The van der Waals surface area contributed by atoms with Crippen LogP contribution in [0.15, 0.2) is 36.4 Å². The second-order valence-electron chi connectivity index (χ2n) is 10.7. The molecule has 0 nitrogen and oxygen atoms in total. The van der Waals surface area contributed by atoms with Crippen molar-refractivity contribution < 1.29 is 17.6 Å². The van der Waals surface area contributed by atoms with Gasteiger partial charge in [-0.2, -0.15) is 0 Å². The van der Waals surface area contributed by atoms with E-state index in [0.29, 0.717) is 36.3 Å². The van der Waals surface area contributed by atoms with Crippen molar-refractivity contribution in [1.82, 2.24) is 0 Å². The largest absolute Gasteiger partial charge is 0.206 e. The van der Waals surface area contributed by atoms with Crippen LogP contribution in [0.4, 0.5) is 17.6 Å². The minimum atomic E-state index is -1.43. The summed E-state index contributed by atoms with van der Waals surface area (Å²) in [7, 11) is 0. The number of benzene rings is 2. The Labute approximate surface area is 200 Å². The summed E-state index contributed by atoms with van der Waals surface area (Å²) in [6, 6.07) is 7.92. The third-order valence-electron chi connectivity index (χ3n) is 8.79. The van der Waals surface area contributed by atoms with Gasteiger partial charge in [-0.05, 0) is 104 Å². The highest BCUT2D eigenvalue weighted by atomic mass is 19.2. The summed E-state index contributed by atoms with van der Waals surface area (Å²) >= 11 is 0. The predicted octanol–water partition coefficient (Wildman–Crippen LogP) is 9.45. The molecule has 1 unspecified atom stereocenters. The van der Waals surface area contributed by atoms with Gasteiger partial charge in [0.2, 0.25) is 0 Å². The molecule has 5 rings (SSSR count). The summed E-state index contributed by atoms with van der Waals surface area (Å²) in [6.45, 7) is 0. The van der Waals surface area contributed by atoms with E-state index < -0.39 is 17.5 Å². The molecule has 2 aromatic rings. The molecular formula is C30H34F4. The van der Waals surface area contributed by atoms with Crippen LogP contribution in [-0.2, 0) is 0 Å². The first-order valence-electron chi connectivity index (χ1n) is 13.1. The lowest BCUT2D eigenvalue weighted by Gasteiger charge is -2.36. The van der Waals surface area contributed by atoms with E-state index >= 15 is 4.39 Å². The second kappa shape index (κ2) is 10.3. The first-order chi connectivity index (χ1) is 16.5. The van der Waals surface area contributed by atoms with Gasteiger partial charge >= 0.3 is 0 Å². The standard InChI is InChI=1S/C30H34F4/c31-27-16-24(21-8-6-20(7-9-21)19-4-2-1-3-5-19)14-15-26(27)23-12-10-22(11-13-23)25-17-28(32)30(34)29(33)18-25/h12,14-22H,1-11,13H2. The molecule has 0 heterocycles. The zero-order chi connectivity index (χ0) is 23.7. The molecule has 0 aliphatic heterocycles. The Kier molecular flexibility index (Phi) is 7.13. The molecule has 1 atom stereocenters. The molecular weight excluding hydrogens is 436 g/mol. The molecule has 0 N–H and O–H groups in total. The Hall–Kier alpha value is -2.10. The molecule has 34 heavy (non-hydrogen) atoms. The third-order valence-corrected chi connectivity index (χ3v) is 8.79. The van der Waals surface area contributed by atoms with Gasteiger partial charge in [-0.15, -0.1) is 0 Å². The van der Waals surface area contributed by atoms with Crippen molar-refractivity contribution in [1.29, 1.82) is 0 Å². The first kappa shape index (κ1) is 23.6. The van der Waals surface area contributed by atoms with Crippen molar-refractivity contribution in [2.75, 3.05) is 0 Å². The van der Waals surface area contributed by atoms with Crippen molar-refractivity contribution in [2.24, 2.45) is 11.8 Å². The lowest BCUT2D eigenvalue weighted by atomic mass is 9.70. The van der Waals surface area contributed by atoms with Gasteiger partial charge in [0.05, 0.1) is 0 Å². The van der Waals surface area contributed by atoms with Crippen LogP contribution in [0.2, 0.25) is 0 Å². The topological polar surface area (TPSA) is 0 Å². The Balaban J connectivity index is 1.22. The average Bonchev–Trinajstić information content (AvgIpc) is 2.88. The highest BCUT2D eigenvalue weighted by molar-refractivity contribution is 5.67. The summed E-state index contributed by atoms with van der Waals surface area (Å²) in [5, 5.41) is 0. The number of hydrogen-bond acceptors (Lipinski definition) is 0. The second-order valence-corrected chi connectivity index (χ2v) is 10.7. The van der Waals surface area contributed by atoms with Gasteiger partial charge in [0, 0.05) is 5.56 Å². The number of hydrogen-bond donors (Lipinski definition) is 0. The first-order valence-corrected chi connectivity index (χ1v) is 13.1. The predicted molar refractivity (Wildman–Crippen MR) is 129 cm³/mol. The number of halogens is 4. The Morgan fingerprint density at radius 1 is 0.588 bits per heavy atom. The van der Waals surface area contributed by atoms with Crippen LogP contribution in [0.3, 0.4) is 0 Å². The van der Waals surface area contributed by atoms with Crippen LogP contribution in [0.5, 0.6) is 0 Å². The summed E-state index contributed by atoms with van der Waals surface area (Å²) in [6.07, 6.45) is 15.7. The van der Waals surface area contributed by atoms with Gasteiger partial charge in [-0.3, -0.25) is 0 Å². The van der Waals surface area contributed by atoms with E-state index in [1.54, 1.807) is 6.07 Å². The molecule has 0 spiro atoms. The van der Waals surface area contributed by atoms with Gasteiger partial charge in [-0.1, -0.05) is 50.3 Å². The van der Waals surface area contributed by atoms with Crippen LogP contribution in [0.25, 0.3) is 5.57 Å². The highest BCUT2D eigenvalue weighted by Crippen LogP contribution is 2.44. The van der Waals surface area contributed by atoms with Crippen molar-refractivity contribution in [3.8, 4) is 0 Å². The fourth-order valence-corrected chi connectivity index (χ4v) is 6.77. The molecule has 2 aromatic carbocycles. The minimum absolute atomic E-state index is 0.0879. The maximum Gasteiger partial charge on any atom is 0.194 e. The van der Waals surface area contributed by atoms with E-state index in [1.807, 2.05) is 12.1 Å². The van der Waals surface area contributed by atoms with Crippen LogP contribution in [-0.4, -0.2) is 0 Å². The molecule has 0 aromatic heterocycles. The fourth-order valence-electron chi connectivity index (χ4n) is 6.77. The van der Waals surface area contributed by atoms with Crippen LogP contribution >= 0.6 is 0 Å². The molecule has 0 bridgehead atoms. The van der Waals surface area contributed by atoms with Crippen molar-refractivity contribution in [3.05, 3.63) is 76.4 Å². The van der Waals surface area contributed by atoms with E-state index in [1.165, 1.54) is 44.9 Å². The molecule has 2 fully saturated rings. The zero-order valence-electron chi connectivity index (χ0n) is 19.8. The fraction of sp³-hybridized carbons (Fsp3) is 0.533. The Morgan fingerprint density at radius 2 is 1.24 bits per heavy atom. The molecule has 0 radical (unpaired) electrons. The van der Waals surface area contributed by atoms with Crippen LogP contribution in [0, 0.1) is 35.1 Å². The maximum absolute atomic E-state index is 15.1. The van der Waals surface area contributed by atoms with Gasteiger partial charge in [0.15, 0.2) is 17.5 Å². The minimum Gasteiger partial charge on any atom is -0.206 e. The van der Waals surface area contributed by atoms with E-state index in [2.05, 4.69) is 6.07 Å². The van der Waals surface area contributed by atoms with Gasteiger partial charge in [-0.25, -0.2) is 17.6 Å². The van der Waals surface area contributed by atoms with E-state index in [9.17, 15) is 13.2 Å². The molecule has 4 heteroatoms. The average molecular weight is 471 g/mol. The molecule has 0 amide bonds. The van der Waals surface area contributed by atoms with Crippen molar-refractivity contribution in [3.63, 3.8) is 0 Å². The monoisotopic (exact) mass is 470 g/mol. The van der Waals surface area contributed by atoms with Gasteiger partial charge < -0.3 is 0 Å². The Bertz CT molecular complexity index is 1020. The molecule has 0 saturated heterocycles. The summed E-state index contributed by atoms with van der Waals surface area (Å²) in [5.74, 6) is -1.76. The van der Waals surface area contributed by atoms with Crippen molar-refractivity contribution >= 4 is 5.57 Å². The van der Waals surface area contributed by atoms with Gasteiger partial charge in [0.1, 0.15) is 5.82 Å². The third kappa shape index (κ3) is 4.97. The number of rotatable bonds is 4. The number of allylic oxidation sites excluding steroid dienone is 2. The zero-order valence-corrected chi connectivity index (χ0v) is 19.8. The van der Waals surface area contributed by atoms with Crippen LogP contribution in [0.1, 0.15) is 106 Å². The molecule has 182 valence electrons. The summed E-state index contributed by atoms with van der Waals surface area (Å²) in [4.78, 5) is 0. The highest BCUT2D eigenvalue weighted by Gasteiger charge is 2.29. The smallest absolute Gasteiger partial charge is 0.194 e. The molecule has 3 aliphatic rings. The molecule has 3 aliphatic carbocycles. The SMILES string of the molecule is Fc1cc(C2CCC(C3CCCCC3)CC2)ccc1C1=CCC(c2cc(F)c(F)c(F)c2)CC1. The summed E-state index contributed by atoms with van der Waals surface area (Å²) in [5.41, 5.74) is 3.17. The quantitative estimate of drug-likeness (QED) is 0.308. The molecule has 2 saturated carbocycles. The van der Waals surface area contributed by atoms with E-state index in [4.69, 9.17) is 0 Å². The van der Waals surface area contributed by atoms with E-state index in [-0.39, 0.29) is 11.7 Å². The van der Waals surface area contributed by atoms with E-state index in [0.717, 1.165) is 47.9 Å². The lowest BCUT2D eigenvalue weighted by molar-refractivity contribution is 0.186. The van der Waals surface area contributed by atoms with Gasteiger partial charge in [0.25, 0.3) is 0 Å². The normalized spacial score (nSPS) is 26.4. The van der Waals surface area contributed by atoms with Crippen molar-refractivity contribution in [2.45, 2.75) is 88.9 Å². The summed E-state index contributed by atoms with van der Waals surface area (Å²) < 4.78 is 55.7.